The molecule has 3 aromatic heterocycles. The van der Waals surface area contributed by atoms with Crippen molar-refractivity contribution in [2.75, 3.05) is 0 Å². The second kappa shape index (κ2) is 11.9. The summed E-state index contributed by atoms with van der Waals surface area (Å²) < 4.78 is 61.0. The Morgan fingerprint density at radius 3 is 1.70 bits per heavy atom. The highest BCUT2D eigenvalue weighted by atomic mass is 32.1. The zero-order valence-electron chi connectivity index (χ0n) is 29.7. The summed E-state index contributed by atoms with van der Waals surface area (Å²) in [5.41, 5.74) is -0.0576. The van der Waals surface area contributed by atoms with Gasteiger partial charge in [-0.2, -0.15) is 0 Å². The molecule has 2 aromatic carbocycles. The van der Waals surface area contributed by atoms with Gasteiger partial charge >= 0.3 is 0 Å². The van der Waals surface area contributed by atoms with E-state index >= 15 is 0 Å². The van der Waals surface area contributed by atoms with Crippen molar-refractivity contribution in [2.45, 2.75) is 33.1 Å². The number of nitrogens with zero attached hydrogens (tertiary/aromatic N) is 6. The number of hydrogen-bond donors (Lipinski definition) is 0. The van der Waals surface area contributed by atoms with Gasteiger partial charge in [-0.05, 0) is 64.2 Å². The normalized spacial score (nSPS) is 20.4. The fourth-order valence-corrected chi connectivity index (χ4v) is 12.7. The molecule has 0 amide bonds. The molecule has 4 aliphatic carbocycles. The maximum atomic E-state index is 14.4. The molecule has 0 unspecified atom stereocenters. The molecule has 0 aliphatic heterocycles. The van der Waals surface area contributed by atoms with E-state index in [-0.39, 0.29) is 44.8 Å². The minimum atomic E-state index is -1.24. The van der Waals surface area contributed by atoms with Crippen LogP contribution in [0.25, 0.3) is 45.2 Å². The van der Waals surface area contributed by atoms with E-state index in [9.17, 15) is 37.7 Å². The molecule has 57 heavy (non-hydrogen) atoms. The van der Waals surface area contributed by atoms with Crippen molar-refractivity contribution >= 4 is 97.5 Å². The molecule has 5 aromatic rings. The molecule has 0 fully saturated rings. The van der Waals surface area contributed by atoms with E-state index in [4.69, 9.17) is 18.1 Å². The van der Waals surface area contributed by atoms with Crippen LogP contribution in [0.5, 0.6) is 0 Å². The number of Topliss-reactive ketones (excluding diaryl/α,β-unsaturated/α-hetero) is 2. The van der Waals surface area contributed by atoms with Gasteiger partial charge in [0.25, 0.3) is 11.4 Å². The van der Waals surface area contributed by atoms with Gasteiger partial charge in [-0.15, -0.1) is 34.0 Å². The van der Waals surface area contributed by atoms with E-state index in [1.54, 1.807) is 40.9 Å². The number of carbonyl (C=O) groups excluding carboxylic acids is 2. The Morgan fingerprint density at radius 2 is 1.19 bits per heavy atom. The molecule has 0 saturated heterocycles. The van der Waals surface area contributed by atoms with Gasteiger partial charge in [-0.25, -0.2) is 47.8 Å². The molecular weight excluding hydrogens is 793 g/mol. The van der Waals surface area contributed by atoms with Gasteiger partial charge in [0, 0.05) is 42.7 Å². The monoisotopic (exact) mass is 810 g/mol. The maximum absolute atomic E-state index is 14.4. The second-order valence-electron chi connectivity index (χ2n) is 14.5. The number of ketones is 2. The molecule has 0 N–H and O–H groups in total. The van der Waals surface area contributed by atoms with Crippen molar-refractivity contribution in [3.05, 3.63) is 138 Å². The maximum Gasteiger partial charge on any atom is 0.271 e. The third kappa shape index (κ3) is 4.71. The fourth-order valence-electron chi connectivity index (χ4n) is 8.04. The van der Waals surface area contributed by atoms with Crippen LogP contribution in [0.15, 0.2) is 69.1 Å². The Balaban J connectivity index is 1.14. The highest BCUT2D eigenvalue weighted by Gasteiger charge is 2.51. The van der Waals surface area contributed by atoms with Crippen LogP contribution in [0, 0.1) is 64.5 Å². The summed E-state index contributed by atoms with van der Waals surface area (Å²) in [5, 5.41) is 19.9. The van der Waals surface area contributed by atoms with Crippen molar-refractivity contribution in [1.82, 2.24) is 0 Å². The summed E-state index contributed by atoms with van der Waals surface area (Å²) in [6.45, 7) is 23.2. The number of thiophene rings is 3. The van der Waals surface area contributed by atoms with Gasteiger partial charge in [0.1, 0.15) is 16.4 Å². The molecular formula is C42H18F4N6O2S3. The predicted octanol–water partition coefficient (Wildman–Crippen LogP) is 11.3. The van der Waals surface area contributed by atoms with Crippen LogP contribution in [0.4, 0.5) is 22.6 Å². The van der Waals surface area contributed by atoms with Crippen molar-refractivity contribution in [1.29, 1.82) is 10.5 Å². The average molecular weight is 811 g/mol. The zero-order valence-corrected chi connectivity index (χ0v) is 32.1. The van der Waals surface area contributed by atoms with Crippen LogP contribution in [0.1, 0.15) is 70.0 Å². The van der Waals surface area contributed by atoms with Crippen LogP contribution in [0.3, 0.4) is 0 Å². The number of fused-ring (bicyclic) bond motifs is 8. The Hall–Kier alpha value is -6.62. The molecule has 0 atom stereocenters. The number of aliphatic imine (C=N–C) groups is 2. The van der Waals surface area contributed by atoms with Crippen molar-refractivity contribution < 1.29 is 27.2 Å². The highest BCUT2D eigenvalue weighted by molar-refractivity contribution is 7.40. The van der Waals surface area contributed by atoms with Crippen molar-refractivity contribution in [3.63, 3.8) is 0 Å². The molecule has 0 radical (unpaired) electrons. The lowest BCUT2D eigenvalue weighted by molar-refractivity contribution is 0.106. The fraction of sp³-hybridized carbons (Fsp3) is 0.143. The first kappa shape index (κ1) is 36.0. The molecule has 15 heteroatoms. The number of carbonyl (C=O) groups is 2. The van der Waals surface area contributed by atoms with Crippen LogP contribution in [0.2, 0.25) is 0 Å². The molecule has 8 nitrogen and oxygen atoms in total. The minimum Gasteiger partial charge on any atom is -0.287 e. The van der Waals surface area contributed by atoms with E-state index in [0.717, 1.165) is 64.7 Å². The summed E-state index contributed by atoms with van der Waals surface area (Å²) in [7, 11) is 0. The third-order valence-corrected chi connectivity index (χ3v) is 14.5. The largest absolute Gasteiger partial charge is 0.287 e. The number of benzene rings is 2. The first-order valence-electron chi connectivity index (χ1n) is 16.8. The molecule has 9 rings (SSSR count). The summed E-state index contributed by atoms with van der Waals surface area (Å²) in [6.07, 6.45) is 1.90. The number of nitriles is 2. The average Bonchev–Trinajstić information content (AvgIpc) is 3.99. The van der Waals surface area contributed by atoms with Gasteiger partial charge in [-0.1, -0.05) is 27.7 Å². The number of halogens is 4. The quantitative estimate of drug-likeness (QED) is 0.100. The summed E-state index contributed by atoms with van der Waals surface area (Å²) >= 11 is 4.40. The van der Waals surface area contributed by atoms with E-state index in [0.29, 0.717) is 10.7 Å². The van der Waals surface area contributed by atoms with Gasteiger partial charge in [0.2, 0.25) is 11.6 Å². The van der Waals surface area contributed by atoms with Crippen LogP contribution < -0.4 is 0 Å². The Kier molecular flexibility index (Phi) is 7.55. The smallest absolute Gasteiger partial charge is 0.271 e. The predicted molar refractivity (Wildman–Crippen MR) is 211 cm³/mol. The highest BCUT2D eigenvalue weighted by Crippen LogP contribution is 2.65. The zero-order chi connectivity index (χ0) is 40.6. The lowest BCUT2D eigenvalue weighted by atomic mass is 9.82. The van der Waals surface area contributed by atoms with Crippen molar-refractivity contribution in [3.8, 4) is 12.1 Å². The summed E-state index contributed by atoms with van der Waals surface area (Å²) in [6, 6.07) is 8.44. The van der Waals surface area contributed by atoms with E-state index in [1.165, 1.54) is 11.3 Å². The van der Waals surface area contributed by atoms with Crippen LogP contribution in [-0.4, -0.2) is 23.0 Å². The van der Waals surface area contributed by atoms with Crippen LogP contribution >= 0.6 is 34.0 Å². The van der Waals surface area contributed by atoms with Crippen molar-refractivity contribution in [2.24, 2.45) is 15.4 Å². The molecule has 0 spiro atoms. The van der Waals surface area contributed by atoms with Gasteiger partial charge in [0.05, 0.1) is 45.1 Å². The van der Waals surface area contributed by atoms with Gasteiger partial charge in [0.15, 0.2) is 23.3 Å². The van der Waals surface area contributed by atoms with E-state index in [2.05, 4.69) is 28.5 Å². The molecule has 0 saturated carbocycles. The topological polar surface area (TPSA) is 115 Å². The Labute approximate surface area is 332 Å². The molecule has 4 aliphatic rings. The number of rotatable bonds is 2. The first-order valence-corrected chi connectivity index (χ1v) is 19.3. The molecule has 3 heterocycles. The summed E-state index contributed by atoms with van der Waals surface area (Å²) in [4.78, 5) is 44.0. The van der Waals surface area contributed by atoms with E-state index in [1.807, 2.05) is 19.9 Å². The molecule has 274 valence electrons. The SMILES string of the molecule is [C-]#[N+]C(C#N)=C1C(=Nc2cc3sc4c5c(sc4c3s2)C2=C(C=C(N=C3C(=O)c4cc(F)c(F)cc4/C3=C(/C#N)[N+]#[C-])C2(C)C)C5(C)C)C(=O)c2cc(F)c(F)cc21. The molecule has 0 bridgehead atoms. The van der Waals surface area contributed by atoms with Gasteiger partial charge in [-0.3, -0.25) is 9.59 Å². The lowest BCUT2D eigenvalue weighted by Gasteiger charge is -2.24. The second-order valence-corrected chi connectivity index (χ2v) is 17.6. The number of allylic oxidation sites excluding steroid dienone is 7. The standard InChI is InChI=1S/C42H18F4N6O2S3/c1-41(2)19-11-27(51-33-29(24(13-47)49-5)15-7-20(43)22(45)9-17(15)35(33)53)42(3,4)31(19)38-32(41)39-40(57-38)37-26(55-39)12-28(56-37)52-34-30(25(14-48)50-6)16-8-21(44)23(46)10-18(16)36(34)54/h7-12H,1-4H3/b29-24+,30-25?,51-33?,52-34?. The lowest BCUT2D eigenvalue weighted by Crippen LogP contribution is -2.16. The van der Waals surface area contributed by atoms with Crippen LogP contribution in [-0.2, 0) is 5.41 Å². The first-order chi connectivity index (χ1) is 27.1. The third-order valence-electron chi connectivity index (χ3n) is 10.7. The minimum absolute atomic E-state index is 0.0681. The van der Waals surface area contributed by atoms with E-state index < -0.39 is 57.1 Å². The number of hydrogen-bond acceptors (Lipinski definition) is 9. The summed E-state index contributed by atoms with van der Waals surface area (Å²) in [5.74, 6) is -6.39. The Morgan fingerprint density at radius 1 is 0.684 bits per heavy atom. The van der Waals surface area contributed by atoms with Gasteiger partial charge < -0.3 is 0 Å². The Bertz CT molecular complexity index is 3230.